The third-order valence-electron chi connectivity index (χ3n) is 2.86. The lowest BCUT2D eigenvalue weighted by atomic mass is 10.1. The summed E-state index contributed by atoms with van der Waals surface area (Å²) in [5.41, 5.74) is 0.875. The number of aliphatic hydroxyl groups excluding tert-OH is 1. The van der Waals surface area contributed by atoms with Gasteiger partial charge in [-0.15, -0.1) is 0 Å². The molecule has 0 aliphatic heterocycles. The van der Waals surface area contributed by atoms with Crippen LogP contribution in [-0.2, 0) is 4.74 Å². The number of ether oxygens (including phenoxy) is 1. The maximum atomic E-state index is 10.1. The number of nitrogens with one attached hydrogen (secondary N) is 1. The average Bonchev–Trinajstić information content (AvgIpc) is 2.37. The predicted molar refractivity (Wildman–Crippen MR) is 75.0 cm³/mol. The second-order valence-corrected chi connectivity index (χ2v) is 4.85. The molecule has 18 heavy (non-hydrogen) atoms. The highest BCUT2D eigenvalue weighted by Gasteiger charge is 2.11. The smallest absolute Gasteiger partial charge is 0.0914 e. The first kappa shape index (κ1) is 15.4. The van der Waals surface area contributed by atoms with Crippen molar-refractivity contribution in [3.05, 3.63) is 34.9 Å². The van der Waals surface area contributed by atoms with Crippen molar-refractivity contribution in [1.82, 2.24) is 5.32 Å². The zero-order chi connectivity index (χ0) is 13.4. The number of hydrogen-bond donors (Lipinski definition) is 2. The number of aliphatic hydroxyl groups is 1. The zero-order valence-electron chi connectivity index (χ0n) is 11.0. The molecule has 0 bridgehead atoms. The first-order chi connectivity index (χ1) is 8.67. The van der Waals surface area contributed by atoms with Gasteiger partial charge in [0.25, 0.3) is 0 Å². The molecular formula is C14H22ClNO2. The van der Waals surface area contributed by atoms with Crippen LogP contribution in [0.2, 0.25) is 5.02 Å². The van der Waals surface area contributed by atoms with Gasteiger partial charge in [0.2, 0.25) is 0 Å². The van der Waals surface area contributed by atoms with E-state index >= 15 is 0 Å². The molecule has 0 amide bonds. The van der Waals surface area contributed by atoms with Gasteiger partial charge in [-0.05, 0) is 24.1 Å². The van der Waals surface area contributed by atoms with Crippen molar-refractivity contribution in [3.63, 3.8) is 0 Å². The fourth-order valence-corrected chi connectivity index (χ4v) is 2.00. The highest BCUT2D eigenvalue weighted by molar-refractivity contribution is 6.30. The van der Waals surface area contributed by atoms with Crippen LogP contribution in [0.3, 0.4) is 0 Å². The number of hydrogen-bond acceptors (Lipinski definition) is 3. The van der Waals surface area contributed by atoms with Crippen molar-refractivity contribution in [1.29, 1.82) is 0 Å². The minimum Gasteiger partial charge on any atom is -0.387 e. The Balaban J connectivity index is 2.43. The molecule has 2 N–H and O–H groups in total. The Morgan fingerprint density at radius 2 is 2.00 bits per heavy atom. The van der Waals surface area contributed by atoms with Crippen LogP contribution in [0.1, 0.15) is 31.4 Å². The van der Waals surface area contributed by atoms with Gasteiger partial charge in [0.15, 0.2) is 0 Å². The van der Waals surface area contributed by atoms with E-state index in [2.05, 4.69) is 12.2 Å². The third kappa shape index (κ3) is 5.36. The molecule has 1 aromatic rings. The summed E-state index contributed by atoms with van der Waals surface area (Å²) in [6.45, 7) is 3.33. The zero-order valence-corrected chi connectivity index (χ0v) is 11.8. The van der Waals surface area contributed by atoms with Crippen molar-refractivity contribution in [2.75, 3.05) is 20.3 Å². The van der Waals surface area contributed by atoms with Gasteiger partial charge in [0, 0.05) is 24.7 Å². The number of benzene rings is 1. The molecule has 2 atom stereocenters. The molecule has 0 spiro atoms. The van der Waals surface area contributed by atoms with E-state index in [0.29, 0.717) is 24.2 Å². The van der Waals surface area contributed by atoms with Gasteiger partial charge in [0.1, 0.15) is 0 Å². The minimum absolute atomic E-state index is 0.293. The van der Waals surface area contributed by atoms with Gasteiger partial charge in [-0.3, -0.25) is 0 Å². The van der Waals surface area contributed by atoms with Gasteiger partial charge in [-0.25, -0.2) is 0 Å². The van der Waals surface area contributed by atoms with E-state index in [4.69, 9.17) is 16.3 Å². The lowest BCUT2D eigenvalue weighted by Crippen LogP contribution is -2.36. The van der Waals surface area contributed by atoms with Crippen LogP contribution in [0, 0.1) is 0 Å². The Kier molecular flexibility index (Phi) is 7.28. The summed E-state index contributed by atoms with van der Waals surface area (Å²) in [4.78, 5) is 0. The second kappa shape index (κ2) is 8.48. The van der Waals surface area contributed by atoms with Crippen LogP contribution in [0.5, 0.6) is 0 Å². The van der Waals surface area contributed by atoms with E-state index in [1.807, 2.05) is 12.1 Å². The number of halogens is 1. The Labute approximate surface area is 114 Å². The van der Waals surface area contributed by atoms with E-state index < -0.39 is 6.10 Å². The van der Waals surface area contributed by atoms with Crippen molar-refractivity contribution < 1.29 is 9.84 Å². The summed E-state index contributed by atoms with van der Waals surface area (Å²) in [6, 6.07) is 7.57. The minimum atomic E-state index is -0.515. The molecule has 0 radical (unpaired) electrons. The first-order valence-corrected chi connectivity index (χ1v) is 6.71. The molecule has 0 aliphatic rings. The molecule has 0 fully saturated rings. The molecule has 0 saturated heterocycles. The molecule has 0 saturated carbocycles. The molecule has 1 aromatic carbocycles. The maximum Gasteiger partial charge on any atom is 0.0914 e. The van der Waals surface area contributed by atoms with E-state index in [1.54, 1.807) is 19.2 Å². The SMILES string of the molecule is CCCC(COC)NCC(O)c1ccc(Cl)cc1. The van der Waals surface area contributed by atoms with Crippen molar-refractivity contribution >= 4 is 11.6 Å². The standard InChI is InChI=1S/C14H22ClNO2/c1-3-4-13(10-18-2)16-9-14(17)11-5-7-12(15)8-6-11/h5-8,13-14,16-17H,3-4,9-10H2,1-2H3. The normalized spacial score (nSPS) is 14.4. The lowest BCUT2D eigenvalue weighted by Gasteiger charge is -2.19. The molecule has 4 heteroatoms. The average molecular weight is 272 g/mol. The molecule has 1 rings (SSSR count). The Morgan fingerprint density at radius 1 is 1.33 bits per heavy atom. The summed E-state index contributed by atoms with van der Waals surface area (Å²) in [7, 11) is 1.69. The van der Waals surface area contributed by atoms with Crippen LogP contribution in [0.4, 0.5) is 0 Å². The Bertz CT molecular complexity index is 323. The molecular weight excluding hydrogens is 250 g/mol. The Morgan fingerprint density at radius 3 is 2.56 bits per heavy atom. The fourth-order valence-electron chi connectivity index (χ4n) is 1.88. The topological polar surface area (TPSA) is 41.5 Å². The maximum absolute atomic E-state index is 10.1. The van der Waals surface area contributed by atoms with Crippen LogP contribution in [0.25, 0.3) is 0 Å². The lowest BCUT2D eigenvalue weighted by molar-refractivity contribution is 0.136. The predicted octanol–water partition coefficient (Wildman–Crippen LogP) is 2.78. The van der Waals surface area contributed by atoms with Crippen LogP contribution < -0.4 is 5.32 Å². The van der Waals surface area contributed by atoms with Crippen LogP contribution in [0.15, 0.2) is 24.3 Å². The highest BCUT2D eigenvalue weighted by atomic mass is 35.5. The molecule has 0 aromatic heterocycles. The van der Waals surface area contributed by atoms with E-state index in [-0.39, 0.29) is 0 Å². The summed E-state index contributed by atoms with van der Waals surface area (Å²) in [5, 5.41) is 14.1. The van der Waals surface area contributed by atoms with Crippen molar-refractivity contribution in [3.8, 4) is 0 Å². The van der Waals surface area contributed by atoms with Crippen LogP contribution >= 0.6 is 11.6 Å². The molecule has 2 unspecified atom stereocenters. The van der Waals surface area contributed by atoms with Crippen molar-refractivity contribution in [2.24, 2.45) is 0 Å². The van der Waals surface area contributed by atoms with Gasteiger partial charge in [-0.1, -0.05) is 37.1 Å². The summed E-state index contributed by atoms with van der Waals surface area (Å²) >= 11 is 5.81. The largest absolute Gasteiger partial charge is 0.387 e. The molecule has 0 heterocycles. The summed E-state index contributed by atoms with van der Waals surface area (Å²) < 4.78 is 5.15. The first-order valence-electron chi connectivity index (χ1n) is 6.33. The summed E-state index contributed by atoms with van der Waals surface area (Å²) in [5.74, 6) is 0. The second-order valence-electron chi connectivity index (χ2n) is 4.42. The van der Waals surface area contributed by atoms with Gasteiger partial charge < -0.3 is 15.2 Å². The highest BCUT2D eigenvalue weighted by Crippen LogP contribution is 2.16. The van der Waals surface area contributed by atoms with Gasteiger partial charge >= 0.3 is 0 Å². The van der Waals surface area contributed by atoms with E-state index in [0.717, 1.165) is 18.4 Å². The number of rotatable bonds is 8. The Hall–Kier alpha value is -0.610. The molecule has 3 nitrogen and oxygen atoms in total. The van der Waals surface area contributed by atoms with E-state index in [1.165, 1.54) is 0 Å². The van der Waals surface area contributed by atoms with Crippen molar-refractivity contribution in [2.45, 2.75) is 31.9 Å². The van der Waals surface area contributed by atoms with Gasteiger partial charge in [0.05, 0.1) is 12.7 Å². The quantitative estimate of drug-likeness (QED) is 0.764. The molecule has 102 valence electrons. The summed E-state index contributed by atoms with van der Waals surface area (Å²) in [6.07, 6.45) is 1.62. The van der Waals surface area contributed by atoms with Crippen LogP contribution in [-0.4, -0.2) is 31.4 Å². The van der Waals surface area contributed by atoms with Gasteiger partial charge in [-0.2, -0.15) is 0 Å². The monoisotopic (exact) mass is 271 g/mol. The molecule has 0 aliphatic carbocycles. The van der Waals surface area contributed by atoms with E-state index in [9.17, 15) is 5.11 Å². The third-order valence-corrected chi connectivity index (χ3v) is 3.11. The fraction of sp³-hybridized carbons (Fsp3) is 0.571. The number of methoxy groups -OCH3 is 1.